The minimum Gasteiger partial charge on any atom is -0.489 e. The second-order valence-corrected chi connectivity index (χ2v) is 9.32. The first-order valence-electron chi connectivity index (χ1n) is 11.5. The molecule has 3 aromatic carbocycles. The molecule has 0 unspecified atom stereocenters. The molecule has 4 rings (SSSR count). The predicted octanol–water partition coefficient (Wildman–Crippen LogP) is 5.64. The highest BCUT2D eigenvalue weighted by molar-refractivity contribution is 9.10. The molecule has 0 atom stereocenters. The Morgan fingerprint density at radius 2 is 1.82 bits per heavy atom. The number of hydrogen-bond acceptors (Lipinski definition) is 6. The smallest absolute Gasteiger partial charge is 0.335 e. The third-order valence-electron chi connectivity index (χ3n) is 5.80. The Bertz CT molecular complexity index is 1500. The SMILES string of the molecule is C=CCc1cc(/C=C2\C(=O)NC(=O)N(c3ccc(Br)c(C)c3)C2=O)ccc1OCc1ccc([N+](=O)[O-])cc1. The molecule has 0 spiro atoms. The van der Waals surface area contributed by atoms with Crippen LogP contribution in [0.4, 0.5) is 16.2 Å². The lowest BCUT2D eigenvalue weighted by Crippen LogP contribution is -2.54. The molecular formula is C28H22BrN3O6. The van der Waals surface area contributed by atoms with Crippen LogP contribution in [0, 0.1) is 17.0 Å². The number of non-ortho nitro benzene ring substituents is 1. The molecule has 1 saturated heterocycles. The molecule has 1 heterocycles. The summed E-state index contributed by atoms with van der Waals surface area (Å²) in [7, 11) is 0. The van der Waals surface area contributed by atoms with Crippen molar-refractivity contribution < 1.29 is 24.0 Å². The molecule has 0 radical (unpaired) electrons. The maximum atomic E-state index is 13.2. The van der Waals surface area contributed by atoms with Crippen LogP contribution in [-0.4, -0.2) is 22.8 Å². The first-order valence-corrected chi connectivity index (χ1v) is 12.2. The van der Waals surface area contributed by atoms with Gasteiger partial charge in [0, 0.05) is 16.6 Å². The molecule has 3 aromatic rings. The van der Waals surface area contributed by atoms with Crippen LogP contribution in [-0.2, 0) is 22.6 Å². The zero-order valence-electron chi connectivity index (χ0n) is 20.3. The van der Waals surface area contributed by atoms with E-state index in [-0.39, 0.29) is 17.9 Å². The van der Waals surface area contributed by atoms with E-state index in [4.69, 9.17) is 4.74 Å². The van der Waals surface area contributed by atoms with Crippen LogP contribution in [0.2, 0.25) is 0 Å². The number of allylic oxidation sites excluding steroid dienone is 1. The average molecular weight is 576 g/mol. The van der Waals surface area contributed by atoms with E-state index in [1.165, 1.54) is 18.2 Å². The summed E-state index contributed by atoms with van der Waals surface area (Å²) in [5.74, 6) is -0.954. The lowest BCUT2D eigenvalue weighted by molar-refractivity contribution is -0.384. The van der Waals surface area contributed by atoms with E-state index < -0.39 is 22.8 Å². The Balaban J connectivity index is 1.59. The van der Waals surface area contributed by atoms with E-state index in [0.29, 0.717) is 23.4 Å². The standard InChI is InChI=1S/C28H22BrN3O6/c1-3-4-20-14-19(7-12-25(20)38-16-18-5-8-21(9-6-18)32(36)37)15-23-26(33)30-28(35)31(27(23)34)22-10-11-24(29)17(2)13-22/h3,5-15H,1,4,16H2,2H3,(H,30,33,35)/b23-15+. The number of anilines is 1. The van der Waals surface area contributed by atoms with Gasteiger partial charge in [-0.05, 0) is 84.1 Å². The number of rotatable bonds is 8. The van der Waals surface area contributed by atoms with Crippen LogP contribution in [0.3, 0.4) is 0 Å². The Morgan fingerprint density at radius 3 is 2.47 bits per heavy atom. The van der Waals surface area contributed by atoms with Crippen molar-refractivity contribution in [2.75, 3.05) is 4.90 Å². The molecule has 192 valence electrons. The Morgan fingerprint density at radius 1 is 1.08 bits per heavy atom. The van der Waals surface area contributed by atoms with Crippen molar-refractivity contribution >= 4 is 51.2 Å². The van der Waals surface area contributed by atoms with Gasteiger partial charge < -0.3 is 4.74 Å². The lowest BCUT2D eigenvalue weighted by Gasteiger charge is -2.26. The molecular weight excluding hydrogens is 554 g/mol. The van der Waals surface area contributed by atoms with E-state index in [1.54, 1.807) is 54.6 Å². The van der Waals surface area contributed by atoms with Gasteiger partial charge in [-0.1, -0.05) is 28.1 Å². The number of nitrogens with one attached hydrogen (secondary N) is 1. The number of carbonyl (C=O) groups excluding carboxylic acids is 3. The van der Waals surface area contributed by atoms with Gasteiger partial charge in [-0.2, -0.15) is 0 Å². The van der Waals surface area contributed by atoms with Gasteiger partial charge in [-0.25, -0.2) is 9.69 Å². The van der Waals surface area contributed by atoms with Gasteiger partial charge in [-0.3, -0.25) is 25.0 Å². The highest BCUT2D eigenvalue weighted by atomic mass is 79.9. The molecule has 10 heteroatoms. The van der Waals surface area contributed by atoms with E-state index in [9.17, 15) is 24.5 Å². The largest absolute Gasteiger partial charge is 0.489 e. The van der Waals surface area contributed by atoms with Gasteiger partial charge >= 0.3 is 6.03 Å². The highest BCUT2D eigenvalue weighted by Crippen LogP contribution is 2.28. The summed E-state index contributed by atoms with van der Waals surface area (Å²) >= 11 is 3.40. The lowest BCUT2D eigenvalue weighted by atomic mass is 10.0. The second-order valence-electron chi connectivity index (χ2n) is 8.46. The zero-order chi connectivity index (χ0) is 27.4. The minimum atomic E-state index is -0.818. The molecule has 1 fully saturated rings. The molecule has 0 aliphatic carbocycles. The normalized spacial score (nSPS) is 14.4. The van der Waals surface area contributed by atoms with E-state index in [2.05, 4.69) is 27.8 Å². The first kappa shape index (κ1) is 26.5. The fraction of sp³-hybridized carbons (Fsp3) is 0.107. The van der Waals surface area contributed by atoms with Crippen molar-refractivity contribution in [1.82, 2.24) is 5.32 Å². The first-order chi connectivity index (χ1) is 18.2. The van der Waals surface area contributed by atoms with Crippen LogP contribution in [0.5, 0.6) is 5.75 Å². The molecule has 1 N–H and O–H groups in total. The van der Waals surface area contributed by atoms with Crippen molar-refractivity contribution in [2.24, 2.45) is 0 Å². The number of aryl methyl sites for hydroxylation is 1. The number of amides is 4. The van der Waals surface area contributed by atoms with Gasteiger partial charge in [0.05, 0.1) is 10.6 Å². The summed E-state index contributed by atoms with van der Waals surface area (Å²) in [6, 6.07) is 15.4. The maximum Gasteiger partial charge on any atom is 0.335 e. The summed E-state index contributed by atoms with van der Waals surface area (Å²) in [5.41, 5.74) is 3.05. The van der Waals surface area contributed by atoms with Crippen molar-refractivity contribution in [2.45, 2.75) is 20.0 Å². The number of barbiturate groups is 1. The maximum absolute atomic E-state index is 13.2. The average Bonchev–Trinajstić information content (AvgIpc) is 2.88. The van der Waals surface area contributed by atoms with Crippen molar-refractivity contribution in [3.05, 3.63) is 116 Å². The summed E-state index contributed by atoms with van der Waals surface area (Å²) in [6.07, 6.45) is 3.57. The topological polar surface area (TPSA) is 119 Å². The highest BCUT2D eigenvalue weighted by Gasteiger charge is 2.37. The number of ether oxygens (including phenoxy) is 1. The summed E-state index contributed by atoms with van der Waals surface area (Å²) < 4.78 is 6.75. The van der Waals surface area contributed by atoms with Gasteiger partial charge in [-0.15, -0.1) is 6.58 Å². The molecule has 1 aliphatic heterocycles. The monoisotopic (exact) mass is 575 g/mol. The van der Waals surface area contributed by atoms with E-state index in [0.717, 1.165) is 26.1 Å². The molecule has 0 saturated carbocycles. The van der Waals surface area contributed by atoms with Gasteiger partial charge in [0.1, 0.15) is 17.9 Å². The number of imide groups is 2. The predicted molar refractivity (Wildman–Crippen MR) is 146 cm³/mol. The number of halogens is 1. The Kier molecular flexibility index (Phi) is 7.82. The molecule has 1 aliphatic rings. The third-order valence-corrected chi connectivity index (χ3v) is 6.69. The van der Waals surface area contributed by atoms with Crippen LogP contribution in [0.1, 0.15) is 22.3 Å². The Labute approximate surface area is 226 Å². The number of nitrogens with zero attached hydrogens (tertiary/aromatic N) is 2. The van der Waals surface area contributed by atoms with Crippen LogP contribution < -0.4 is 15.0 Å². The number of hydrogen-bond donors (Lipinski definition) is 1. The number of urea groups is 1. The van der Waals surface area contributed by atoms with Crippen molar-refractivity contribution in [3.8, 4) is 5.75 Å². The van der Waals surface area contributed by atoms with Gasteiger partial charge in [0.25, 0.3) is 17.5 Å². The second kappa shape index (κ2) is 11.2. The molecule has 0 bridgehead atoms. The zero-order valence-corrected chi connectivity index (χ0v) is 21.9. The fourth-order valence-corrected chi connectivity index (χ4v) is 4.09. The minimum absolute atomic E-state index is 0.00434. The summed E-state index contributed by atoms with van der Waals surface area (Å²) in [5, 5.41) is 13.1. The fourth-order valence-electron chi connectivity index (χ4n) is 3.85. The van der Waals surface area contributed by atoms with Crippen molar-refractivity contribution in [1.29, 1.82) is 0 Å². The van der Waals surface area contributed by atoms with Crippen LogP contribution in [0.25, 0.3) is 6.08 Å². The quantitative estimate of drug-likeness (QED) is 0.122. The third kappa shape index (κ3) is 5.70. The molecule has 0 aromatic heterocycles. The number of nitro groups is 1. The number of carbonyl (C=O) groups is 3. The summed E-state index contributed by atoms with van der Waals surface area (Å²) in [6.45, 7) is 5.79. The Hall–Kier alpha value is -4.57. The molecule has 38 heavy (non-hydrogen) atoms. The molecule has 4 amide bonds. The summed E-state index contributed by atoms with van der Waals surface area (Å²) in [4.78, 5) is 49.6. The van der Waals surface area contributed by atoms with Crippen LogP contribution >= 0.6 is 15.9 Å². The number of nitro benzene ring substituents is 1. The van der Waals surface area contributed by atoms with Gasteiger partial charge in [0.15, 0.2) is 0 Å². The van der Waals surface area contributed by atoms with E-state index >= 15 is 0 Å². The molecule has 9 nitrogen and oxygen atoms in total. The van der Waals surface area contributed by atoms with Crippen molar-refractivity contribution in [3.63, 3.8) is 0 Å². The van der Waals surface area contributed by atoms with Gasteiger partial charge in [0.2, 0.25) is 0 Å². The van der Waals surface area contributed by atoms with E-state index in [1.807, 2.05) is 6.92 Å². The number of benzene rings is 3. The van der Waals surface area contributed by atoms with Crippen LogP contribution in [0.15, 0.2) is 83.4 Å².